The lowest BCUT2D eigenvalue weighted by atomic mass is 9.48. The van der Waals surface area contributed by atoms with Gasteiger partial charge in [-0.15, -0.1) is 0 Å². The minimum Gasteiger partial charge on any atom is -0.460 e. The lowest BCUT2D eigenvalue weighted by Gasteiger charge is -2.66. The van der Waals surface area contributed by atoms with Crippen LogP contribution in [0, 0.1) is 82.9 Å². The molecule has 816 valence electrons. The standard InChI is InChI=1S/C28H36F2O11.C28H36F2O10.C23H28F2O9.C22H28F2O8/c1-23(2,3)40-21(33)17-14-5-13-16(17)20(32)39-19(13)18(14)38-15(31)6-37-27-8-25(35)7-26(36,9-27)11-28(10-25,12-27)41-22(34)24(4,29)30;1-24(2,3)39-22(33)18-15-5-14-17(18)21(32)38-20(14)19(15)37-16(31)9-36-27-7-13-6-26(35,10-27)11-28(8-13,12-27)40-23(34)25(4,29)30;1-19(24,25)18(28)34-23-8-20(29)5-21(30,9-23)7-22(6-20,10-23)31-4-14(26)32-15-11-2-12-13(3-11)17(27)33-16(12)15;1-19(23,24)18(27)32-22-7-12-5-20(28,10-22)9-21(6-12,11-22)29-8-16(25)30-14-3-2-13-4-15(14)31-17(13)26/h13-14,16-19,35-36H,5-12H2,1-4H3;13-15,17-20,35H,5-12H2,1-4H3;11-13,15-16,29-30H,2-10H2,1H3;12-15,28H,2-11H2,1H3. The number of esters is 14. The van der Waals surface area contributed by atoms with Crippen LogP contribution in [0.15, 0.2) is 0 Å². The zero-order valence-electron chi connectivity index (χ0n) is 83.2. The van der Waals surface area contributed by atoms with Crippen molar-refractivity contribution in [2.24, 2.45) is 82.9 Å². The Morgan fingerprint density at radius 3 is 1.01 bits per heavy atom. The molecule has 27 aliphatic rings. The van der Waals surface area contributed by atoms with Gasteiger partial charge >= 0.3 is 107 Å². The molecule has 27 fully saturated rings. The monoisotopic (exact) mass is 2100 g/mol. The zero-order valence-corrected chi connectivity index (χ0v) is 83.2. The molecule has 4 saturated heterocycles. The molecule has 0 radical (unpaired) electrons. The van der Waals surface area contributed by atoms with Crippen LogP contribution in [0.25, 0.3) is 0 Å². The highest BCUT2D eigenvalue weighted by Gasteiger charge is 2.78. The molecule has 0 aromatic carbocycles. The number of hydrogen-bond donors (Lipinski definition) is 6. The number of halogens is 8. The number of hydrogen-bond acceptors (Lipinski definition) is 38. The van der Waals surface area contributed by atoms with E-state index in [0.29, 0.717) is 105 Å². The van der Waals surface area contributed by atoms with E-state index < -0.39 is 289 Å². The second-order valence-electron chi connectivity index (χ2n) is 51.1. The first-order valence-electron chi connectivity index (χ1n) is 51.2. The summed E-state index contributed by atoms with van der Waals surface area (Å²) in [7, 11) is 0. The highest BCUT2D eigenvalue weighted by atomic mass is 19.3. The first-order chi connectivity index (χ1) is 67.8. The molecule has 147 heavy (non-hydrogen) atoms. The second-order valence-corrected chi connectivity index (χ2v) is 51.1. The van der Waals surface area contributed by atoms with E-state index in [9.17, 15) is 133 Å². The van der Waals surface area contributed by atoms with Crippen LogP contribution in [0.5, 0.6) is 0 Å². The molecule has 0 amide bonds. The van der Waals surface area contributed by atoms with E-state index in [1.54, 1.807) is 41.5 Å². The van der Waals surface area contributed by atoms with Crippen LogP contribution in [0.1, 0.15) is 268 Å². The molecule has 46 heteroatoms. The van der Waals surface area contributed by atoms with Gasteiger partial charge in [0.2, 0.25) is 0 Å². The summed E-state index contributed by atoms with van der Waals surface area (Å²) in [4.78, 5) is 174. The minimum atomic E-state index is -3.77. The number of carbonyl (C=O) groups excluding carboxylic acids is 14. The Morgan fingerprint density at radius 2 is 0.639 bits per heavy atom. The smallest absolute Gasteiger partial charge is 0.377 e. The Hall–Kier alpha value is -8.38. The summed E-state index contributed by atoms with van der Waals surface area (Å²) in [5, 5.41) is 66.9. The molecule has 0 aromatic rings. The van der Waals surface area contributed by atoms with Gasteiger partial charge < -0.3 is 116 Å². The van der Waals surface area contributed by atoms with E-state index in [-0.39, 0.29) is 181 Å². The van der Waals surface area contributed by atoms with Gasteiger partial charge in [-0.3, -0.25) is 28.8 Å². The quantitative estimate of drug-likeness (QED) is 0.0285. The van der Waals surface area contributed by atoms with Gasteiger partial charge in [0, 0.05) is 185 Å². The first kappa shape index (κ1) is 106. The molecule has 32 unspecified atom stereocenters. The van der Waals surface area contributed by atoms with Crippen LogP contribution in [0.2, 0.25) is 0 Å². The predicted molar refractivity (Wildman–Crippen MR) is 465 cm³/mol. The van der Waals surface area contributed by atoms with Crippen molar-refractivity contribution in [3.63, 3.8) is 0 Å². The van der Waals surface area contributed by atoms with Crippen molar-refractivity contribution < 1.29 is 218 Å². The van der Waals surface area contributed by atoms with Crippen molar-refractivity contribution in [1.82, 2.24) is 0 Å². The normalized spacial score (nSPS) is 46.0. The van der Waals surface area contributed by atoms with Crippen LogP contribution in [-0.2, 0) is 152 Å². The third-order valence-electron chi connectivity index (χ3n) is 35.6. The summed E-state index contributed by atoms with van der Waals surface area (Å²) < 4.78 is 209. The number of alkyl halides is 8. The highest BCUT2D eigenvalue weighted by Crippen LogP contribution is 2.70. The number of rotatable bonds is 26. The van der Waals surface area contributed by atoms with Crippen molar-refractivity contribution in [2.45, 2.75) is 430 Å². The fourth-order valence-corrected chi connectivity index (χ4v) is 33.5. The van der Waals surface area contributed by atoms with Gasteiger partial charge in [0.05, 0.1) is 91.5 Å². The molecule has 0 aromatic heterocycles. The van der Waals surface area contributed by atoms with E-state index >= 15 is 0 Å². The third kappa shape index (κ3) is 19.9. The SMILES string of the molecule is CC(C)(C)OC(=O)C1C2CC3C(OC(=O)C31)C2OC(=O)COC12CC3(O)CC(O)(C1)CC(OC(=O)C(C)(F)F)(C3)C2.CC(C)(C)OC(=O)C1C2CC3C(OC(=O)C31)C2OC(=O)COC12CC3CC(O)(C1)CC(OC(=O)C(C)(F)F)(C3)C2.CC(F)(F)C(=O)OC12CC3(O)CC(O)(CC(OCC(=O)OC4C5CC6C(=O)OC4C6C5)(C3)C1)C2.CC(F)(F)C(=O)OC12CC3CC(O)(CC(OCC(=O)OC4CCC5CC4OC5=O)(C3)C1)C2. The maximum atomic E-state index is 13.7. The largest absolute Gasteiger partial charge is 0.460 e. The first-order valence-corrected chi connectivity index (χ1v) is 51.2. The van der Waals surface area contributed by atoms with Crippen LogP contribution in [0.3, 0.4) is 0 Å². The van der Waals surface area contributed by atoms with Crippen molar-refractivity contribution >= 4 is 83.6 Å². The molecule has 0 spiro atoms. The Kier molecular flexibility index (Phi) is 24.8. The summed E-state index contributed by atoms with van der Waals surface area (Å²) in [6.45, 7) is 10.2. The molecule has 24 bridgehead atoms. The van der Waals surface area contributed by atoms with Gasteiger partial charge in [0.25, 0.3) is 0 Å². The number of aliphatic hydroxyl groups is 6. The van der Waals surface area contributed by atoms with E-state index in [4.69, 9.17) is 85.3 Å². The van der Waals surface area contributed by atoms with Crippen LogP contribution in [0.4, 0.5) is 35.1 Å². The predicted octanol–water partition coefficient (Wildman–Crippen LogP) is 7.11. The highest BCUT2D eigenvalue weighted by molar-refractivity contribution is 5.88. The Bertz CT molecular complexity index is 5390. The van der Waals surface area contributed by atoms with E-state index in [0.717, 1.165) is 6.42 Å². The fraction of sp³-hybridized carbons (Fsp3) is 0.861. The maximum Gasteiger partial charge on any atom is 0.377 e. The Balaban J connectivity index is 0.000000120. The molecular weight excluding hydrogens is 1970 g/mol. The molecule has 4 heterocycles. The number of fused-ring (bicyclic) bond motifs is 5. The topological polar surface area (TPSA) is 527 Å². The van der Waals surface area contributed by atoms with Crippen LogP contribution < -0.4 is 0 Å². The lowest BCUT2D eigenvalue weighted by molar-refractivity contribution is -0.314. The van der Waals surface area contributed by atoms with Crippen molar-refractivity contribution in [3.8, 4) is 0 Å². The van der Waals surface area contributed by atoms with Gasteiger partial charge in [0.1, 0.15) is 109 Å². The van der Waals surface area contributed by atoms with Gasteiger partial charge in [-0.25, -0.2) is 38.4 Å². The maximum absolute atomic E-state index is 13.7. The van der Waals surface area contributed by atoms with E-state index in [2.05, 4.69) is 0 Å². The van der Waals surface area contributed by atoms with E-state index in [1.807, 2.05) is 0 Å². The Morgan fingerprint density at radius 1 is 0.320 bits per heavy atom. The molecule has 38 nitrogen and oxygen atoms in total. The van der Waals surface area contributed by atoms with Gasteiger partial charge in [-0.1, -0.05) is 0 Å². The van der Waals surface area contributed by atoms with Gasteiger partial charge in [-0.2, -0.15) is 35.1 Å². The Labute approximate surface area is 838 Å². The average molecular weight is 2100 g/mol. The summed E-state index contributed by atoms with van der Waals surface area (Å²) in [5.74, 6) is -31.4. The molecular formula is C101H128F8O38. The van der Waals surface area contributed by atoms with Crippen molar-refractivity contribution in [1.29, 1.82) is 0 Å². The minimum absolute atomic E-state index is 0.00811. The average Bonchev–Trinajstić information content (AvgIpc) is 1.63. The van der Waals surface area contributed by atoms with E-state index in [1.165, 1.54) is 0 Å². The number of carbonyl (C=O) groups is 14. The lowest BCUT2D eigenvalue weighted by Crippen LogP contribution is -2.73. The molecule has 6 N–H and O–H groups in total. The van der Waals surface area contributed by atoms with Crippen LogP contribution in [-0.4, -0.2) is 303 Å². The van der Waals surface area contributed by atoms with Crippen molar-refractivity contribution in [3.05, 3.63) is 0 Å². The summed E-state index contributed by atoms with van der Waals surface area (Å²) in [6.07, 6.45) is 2.29. The second kappa shape index (κ2) is 34.6. The molecule has 4 aliphatic heterocycles. The van der Waals surface area contributed by atoms with Gasteiger partial charge in [0.15, 0.2) is 0 Å². The summed E-state index contributed by atoms with van der Waals surface area (Å²) >= 11 is 0. The molecule has 23 aliphatic carbocycles. The molecule has 32 atom stereocenters. The van der Waals surface area contributed by atoms with Crippen molar-refractivity contribution in [2.75, 3.05) is 26.4 Å². The molecule has 27 rings (SSSR count). The van der Waals surface area contributed by atoms with Crippen LogP contribution >= 0.6 is 0 Å². The summed E-state index contributed by atoms with van der Waals surface area (Å²) in [5.41, 5.74) is -20.2. The zero-order chi connectivity index (χ0) is 106. The molecule has 23 saturated carbocycles. The number of ether oxygens (including phenoxy) is 18. The summed E-state index contributed by atoms with van der Waals surface area (Å²) in [6, 6.07) is 0. The third-order valence-corrected chi connectivity index (χ3v) is 35.6. The van der Waals surface area contributed by atoms with Gasteiger partial charge in [-0.05, 0) is 130 Å². The fourth-order valence-electron chi connectivity index (χ4n) is 33.5.